The summed E-state index contributed by atoms with van der Waals surface area (Å²) >= 11 is 0. The van der Waals surface area contributed by atoms with Gasteiger partial charge in [0.25, 0.3) is 0 Å². The topological polar surface area (TPSA) is 23.5 Å². The molecule has 1 N–H and O–H groups in total. The van der Waals surface area contributed by atoms with Crippen molar-refractivity contribution in [2.45, 2.75) is 19.8 Å². The zero-order valence-corrected chi connectivity index (χ0v) is 5.80. The largest absolute Gasteiger partial charge is 0.314 e. The monoisotopic (exact) mass is 127 g/mol. The third-order valence-electron chi connectivity index (χ3n) is 2.91. The minimum absolute atomic E-state index is 0.624. The minimum Gasteiger partial charge on any atom is -0.314 e. The lowest BCUT2D eigenvalue weighted by molar-refractivity contribution is -0.112. The van der Waals surface area contributed by atoms with E-state index in [9.17, 15) is 0 Å². The molecule has 1 aliphatic heterocycles. The lowest BCUT2D eigenvalue weighted by Gasteiger charge is -2.23. The summed E-state index contributed by atoms with van der Waals surface area (Å²) in [7, 11) is 0. The van der Waals surface area contributed by atoms with E-state index in [1.807, 2.05) is 0 Å². The Kier molecular flexibility index (Phi) is 0.945. The summed E-state index contributed by atoms with van der Waals surface area (Å²) in [4.78, 5) is 0. The average Bonchev–Trinajstić information content (AvgIpc) is 2.41. The van der Waals surface area contributed by atoms with Gasteiger partial charge in [0, 0.05) is 13.1 Å². The SMILES string of the molecule is CC12CCN(O)CC1C2. The number of nitrogens with zero attached hydrogens (tertiary/aromatic N) is 1. The first-order chi connectivity index (χ1) is 4.21. The van der Waals surface area contributed by atoms with Crippen LogP contribution in [0.4, 0.5) is 0 Å². The van der Waals surface area contributed by atoms with E-state index in [2.05, 4.69) is 6.92 Å². The van der Waals surface area contributed by atoms with E-state index in [0.717, 1.165) is 19.0 Å². The lowest BCUT2D eigenvalue weighted by Crippen LogP contribution is -2.30. The molecule has 2 fully saturated rings. The molecule has 2 aliphatic rings. The van der Waals surface area contributed by atoms with E-state index in [4.69, 9.17) is 5.21 Å². The molecule has 0 radical (unpaired) electrons. The minimum atomic E-state index is 0.624. The van der Waals surface area contributed by atoms with Crippen LogP contribution in [0.15, 0.2) is 0 Å². The number of piperidine rings is 1. The Labute approximate surface area is 55.4 Å². The van der Waals surface area contributed by atoms with Crippen LogP contribution < -0.4 is 0 Å². The molecule has 1 heterocycles. The van der Waals surface area contributed by atoms with Crippen molar-refractivity contribution in [1.29, 1.82) is 0 Å². The van der Waals surface area contributed by atoms with Crippen molar-refractivity contribution in [2.24, 2.45) is 11.3 Å². The smallest absolute Gasteiger partial charge is 0.0271 e. The number of hydrogen-bond acceptors (Lipinski definition) is 2. The van der Waals surface area contributed by atoms with Gasteiger partial charge < -0.3 is 5.21 Å². The van der Waals surface area contributed by atoms with Crippen molar-refractivity contribution < 1.29 is 5.21 Å². The fraction of sp³-hybridized carbons (Fsp3) is 1.00. The Bertz CT molecular complexity index is 137. The van der Waals surface area contributed by atoms with E-state index >= 15 is 0 Å². The highest BCUT2D eigenvalue weighted by Gasteiger charge is 2.52. The van der Waals surface area contributed by atoms with Gasteiger partial charge in [-0.15, -0.1) is 0 Å². The molecule has 2 atom stereocenters. The Hall–Kier alpha value is -0.0800. The zero-order valence-electron chi connectivity index (χ0n) is 5.80. The van der Waals surface area contributed by atoms with Crippen molar-refractivity contribution in [1.82, 2.24) is 5.06 Å². The first-order valence-corrected chi connectivity index (χ1v) is 3.64. The molecule has 0 amide bonds. The van der Waals surface area contributed by atoms with Gasteiger partial charge in [0.2, 0.25) is 0 Å². The van der Waals surface area contributed by atoms with Gasteiger partial charge in [0.1, 0.15) is 0 Å². The van der Waals surface area contributed by atoms with Crippen LogP contribution in [0.1, 0.15) is 19.8 Å². The first-order valence-electron chi connectivity index (χ1n) is 3.64. The van der Waals surface area contributed by atoms with Crippen molar-refractivity contribution in [3.63, 3.8) is 0 Å². The van der Waals surface area contributed by atoms with Crippen LogP contribution in [0.2, 0.25) is 0 Å². The third-order valence-corrected chi connectivity index (χ3v) is 2.91. The molecule has 0 aromatic heterocycles. The molecule has 52 valence electrons. The quantitative estimate of drug-likeness (QED) is 0.527. The van der Waals surface area contributed by atoms with Gasteiger partial charge in [-0.05, 0) is 24.2 Å². The highest BCUT2D eigenvalue weighted by molar-refractivity contribution is 5.02. The highest BCUT2D eigenvalue weighted by Crippen LogP contribution is 2.56. The second-order valence-electron chi connectivity index (χ2n) is 3.72. The highest BCUT2D eigenvalue weighted by atomic mass is 16.5. The van der Waals surface area contributed by atoms with Crippen LogP contribution in [-0.4, -0.2) is 23.4 Å². The van der Waals surface area contributed by atoms with Gasteiger partial charge in [-0.2, -0.15) is 5.06 Å². The molecule has 2 heteroatoms. The molecule has 2 rings (SSSR count). The van der Waals surface area contributed by atoms with Crippen LogP contribution in [0.25, 0.3) is 0 Å². The molecule has 1 saturated carbocycles. The van der Waals surface area contributed by atoms with E-state index < -0.39 is 0 Å². The standard InChI is InChI=1S/C7H13NO/c1-7-2-3-8(9)5-6(7)4-7/h6,9H,2-5H2,1H3. The number of rotatable bonds is 0. The Morgan fingerprint density at radius 1 is 1.67 bits per heavy atom. The summed E-state index contributed by atoms with van der Waals surface area (Å²) in [5.74, 6) is 0.802. The predicted molar refractivity (Wildman–Crippen MR) is 34.2 cm³/mol. The maximum absolute atomic E-state index is 9.05. The van der Waals surface area contributed by atoms with Gasteiger partial charge in [-0.25, -0.2) is 0 Å². The Balaban J connectivity index is 2.01. The summed E-state index contributed by atoms with van der Waals surface area (Å²) in [6, 6.07) is 0. The second-order valence-corrected chi connectivity index (χ2v) is 3.72. The molecule has 0 aromatic carbocycles. The number of hydroxylamine groups is 2. The van der Waals surface area contributed by atoms with Gasteiger partial charge in [0.05, 0.1) is 0 Å². The molecule has 0 bridgehead atoms. The summed E-state index contributed by atoms with van der Waals surface area (Å²) in [6.07, 6.45) is 2.53. The third kappa shape index (κ3) is 0.775. The van der Waals surface area contributed by atoms with E-state index in [0.29, 0.717) is 5.41 Å². The summed E-state index contributed by atoms with van der Waals surface area (Å²) in [5, 5.41) is 10.5. The molecule has 1 saturated heterocycles. The van der Waals surface area contributed by atoms with Gasteiger partial charge >= 0.3 is 0 Å². The van der Waals surface area contributed by atoms with Crippen molar-refractivity contribution in [2.75, 3.05) is 13.1 Å². The van der Waals surface area contributed by atoms with Crippen molar-refractivity contribution >= 4 is 0 Å². The molecule has 2 unspecified atom stereocenters. The zero-order chi connectivity index (χ0) is 6.48. The van der Waals surface area contributed by atoms with Crippen molar-refractivity contribution in [3.05, 3.63) is 0 Å². The number of fused-ring (bicyclic) bond motifs is 1. The van der Waals surface area contributed by atoms with Crippen molar-refractivity contribution in [3.8, 4) is 0 Å². The second kappa shape index (κ2) is 1.50. The maximum Gasteiger partial charge on any atom is 0.0271 e. The van der Waals surface area contributed by atoms with Gasteiger partial charge in [-0.3, -0.25) is 0 Å². The average molecular weight is 127 g/mol. The molecular weight excluding hydrogens is 114 g/mol. The van der Waals surface area contributed by atoms with E-state index in [1.165, 1.54) is 17.9 Å². The lowest BCUT2D eigenvalue weighted by atomic mass is 9.99. The fourth-order valence-corrected chi connectivity index (χ4v) is 1.83. The Morgan fingerprint density at radius 3 is 3.00 bits per heavy atom. The van der Waals surface area contributed by atoms with Crippen LogP contribution in [0, 0.1) is 11.3 Å². The fourth-order valence-electron chi connectivity index (χ4n) is 1.83. The van der Waals surface area contributed by atoms with Gasteiger partial charge in [-0.1, -0.05) is 6.92 Å². The van der Waals surface area contributed by atoms with Crippen LogP contribution in [0.3, 0.4) is 0 Å². The molecular formula is C7H13NO. The van der Waals surface area contributed by atoms with E-state index in [-0.39, 0.29) is 0 Å². The summed E-state index contributed by atoms with van der Waals surface area (Å²) in [6.45, 7) is 4.12. The molecule has 0 spiro atoms. The molecule has 2 nitrogen and oxygen atoms in total. The van der Waals surface area contributed by atoms with E-state index in [1.54, 1.807) is 0 Å². The summed E-state index contributed by atoms with van der Waals surface area (Å²) < 4.78 is 0. The maximum atomic E-state index is 9.05. The predicted octanol–water partition coefficient (Wildman–Crippen LogP) is 1.11. The Morgan fingerprint density at radius 2 is 2.44 bits per heavy atom. The summed E-state index contributed by atoms with van der Waals surface area (Å²) in [5.41, 5.74) is 0.624. The first kappa shape index (κ1) is 5.69. The number of hydrogen-bond donors (Lipinski definition) is 1. The molecule has 9 heavy (non-hydrogen) atoms. The van der Waals surface area contributed by atoms with Crippen LogP contribution in [0.5, 0.6) is 0 Å². The molecule has 0 aromatic rings. The van der Waals surface area contributed by atoms with Crippen LogP contribution >= 0.6 is 0 Å². The van der Waals surface area contributed by atoms with Crippen LogP contribution in [-0.2, 0) is 0 Å². The normalized spacial score (nSPS) is 50.7. The molecule has 1 aliphatic carbocycles. The van der Waals surface area contributed by atoms with Gasteiger partial charge in [0.15, 0.2) is 0 Å².